The summed E-state index contributed by atoms with van der Waals surface area (Å²) < 4.78 is 10.7. The molecule has 2 aromatic rings. The number of urea groups is 1. The molecular formula is C22H26N4O4. The zero-order valence-electron chi connectivity index (χ0n) is 17.3. The number of carbonyl (C=O) groups is 2. The van der Waals surface area contributed by atoms with Gasteiger partial charge in [0.2, 0.25) is 5.91 Å². The summed E-state index contributed by atoms with van der Waals surface area (Å²) >= 11 is 0. The maximum atomic E-state index is 12.7. The lowest BCUT2D eigenvalue weighted by Crippen LogP contribution is -2.36. The molecule has 0 aliphatic carbocycles. The van der Waals surface area contributed by atoms with E-state index < -0.39 is 6.03 Å². The lowest BCUT2D eigenvalue weighted by Gasteiger charge is -2.29. The number of nitrogens with zero attached hydrogens (tertiary/aromatic N) is 2. The van der Waals surface area contributed by atoms with Gasteiger partial charge in [0, 0.05) is 23.6 Å². The van der Waals surface area contributed by atoms with Crippen molar-refractivity contribution in [3.8, 4) is 11.5 Å². The van der Waals surface area contributed by atoms with E-state index in [1.54, 1.807) is 32.4 Å². The van der Waals surface area contributed by atoms with Gasteiger partial charge in [-0.25, -0.2) is 9.80 Å². The Morgan fingerprint density at radius 1 is 1.20 bits per heavy atom. The van der Waals surface area contributed by atoms with Gasteiger partial charge in [-0.15, -0.1) is 0 Å². The Morgan fingerprint density at radius 2 is 1.97 bits per heavy atom. The Morgan fingerprint density at radius 3 is 2.63 bits per heavy atom. The van der Waals surface area contributed by atoms with Crippen molar-refractivity contribution < 1.29 is 19.1 Å². The minimum Gasteiger partial charge on any atom is -0.493 e. The summed E-state index contributed by atoms with van der Waals surface area (Å²) in [6, 6.07) is 12.2. The van der Waals surface area contributed by atoms with E-state index in [9.17, 15) is 9.59 Å². The third-order valence-corrected chi connectivity index (χ3v) is 5.02. The standard InChI is InChI=1S/C22H26N4O4/c1-4-15-12-20(27)26(13-14-6-5-7-17(10-14)24-22(23)28)25-21(15)16-8-9-18(29-2)19(11-16)30-3/h5-11,15H,4,12-13H2,1-3H3,(H3,23,24,28). The summed E-state index contributed by atoms with van der Waals surface area (Å²) in [5.41, 5.74) is 8.31. The highest BCUT2D eigenvalue weighted by molar-refractivity contribution is 6.06. The minimum atomic E-state index is -0.638. The number of rotatable bonds is 7. The topological polar surface area (TPSA) is 106 Å². The second-order valence-corrected chi connectivity index (χ2v) is 7.01. The summed E-state index contributed by atoms with van der Waals surface area (Å²) in [5, 5.41) is 8.71. The molecule has 8 heteroatoms. The van der Waals surface area contributed by atoms with E-state index >= 15 is 0 Å². The Bertz CT molecular complexity index is 973. The molecule has 0 aromatic heterocycles. The number of carbonyl (C=O) groups excluding carboxylic acids is 2. The van der Waals surface area contributed by atoms with Crippen LogP contribution in [0.15, 0.2) is 47.6 Å². The third-order valence-electron chi connectivity index (χ3n) is 5.02. The van der Waals surface area contributed by atoms with E-state index in [2.05, 4.69) is 5.32 Å². The molecule has 1 aliphatic rings. The van der Waals surface area contributed by atoms with Crippen molar-refractivity contribution >= 4 is 23.3 Å². The molecule has 0 bridgehead atoms. The molecule has 3 amide bonds. The van der Waals surface area contributed by atoms with Crippen molar-refractivity contribution in [2.45, 2.75) is 26.3 Å². The average molecular weight is 410 g/mol. The first-order valence-corrected chi connectivity index (χ1v) is 9.71. The molecular weight excluding hydrogens is 384 g/mol. The van der Waals surface area contributed by atoms with Gasteiger partial charge in [-0.1, -0.05) is 19.1 Å². The molecule has 30 heavy (non-hydrogen) atoms. The van der Waals surface area contributed by atoms with Gasteiger partial charge in [0.25, 0.3) is 0 Å². The van der Waals surface area contributed by atoms with E-state index in [0.29, 0.717) is 30.2 Å². The van der Waals surface area contributed by atoms with E-state index in [-0.39, 0.29) is 11.8 Å². The SMILES string of the molecule is CCC1CC(=O)N(Cc2cccc(NC(N)=O)c2)N=C1c1ccc(OC)c(OC)c1. The van der Waals surface area contributed by atoms with Crippen LogP contribution in [-0.2, 0) is 11.3 Å². The summed E-state index contributed by atoms with van der Waals surface area (Å²) in [5.74, 6) is 1.23. The molecule has 1 aliphatic heterocycles. The normalized spacial score (nSPS) is 16.1. The van der Waals surface area contributed by atoms with E-state index in [1.165, 1.54) is 5.01 Å². The number of primary amides is 1. The van der Waals surface area contributed by atoms with Crippen LogP contribution in [0.1, 0.15) is 30.9 Å². The van der Waals surface area contributed by atoms with E-state index in [0.717, 1.165) is 23.3 Å². The van der Waals surface area contributed by atoms with Gasteiger partial charge < -0.3 is 20.5 Å². The second-order valence-electron chi connectivity index (χ2n) is 7.01. The molecule has 1 atom stereocenters. The highest BCUT2D eigenvalue weighted by Gasteiger charge is 2.29. The molecule has 0 saturated carbocycles. The number of hydrazone groups is 1. The average Bonchev–Trinajstić information content (AvgIpc) is 2.74. The Kier molecular flexibility index (Phi) is 6.56. The Balaban J connectivity index is 1.92. The monoisotopic (exact) mass is 410 g/mol. The number of ether oxygens (including phenoxy) is 2. The van der Waals surface area contributed by atoms with Crippen molar-refractivity contribution in [1.29, 1.82) is 0 Å². The molecule has 3 N–H and O–H groups in total. The highest BCUT2D eigenvalue weighted by atomic mass is 16.5. The van der Waals surface area contributed by atoms with Gasteiger partial charge >= 0.3 is 6.03 Å². The molecule has 2 aromatic carbocycles. The number of nitrogens with two attached hydrogens (primary N) is 1. The first-order chi connectivity index (χ1) is 14.4. The third kappa shape index (κ3) is 4.71. The van der Waals surface area contributed by atoms with Gasteiger partial charge in [-0.3, -0.25) is 4.79 Å². The van der Waals surface area contributed by atoms with Crippen molar-refractivity contribution in [2.75, 3.05) is 19.5 Å². The molecule has 8 nitrogen and oxygen atoms in total. The largest absolute Gasteiger partial charge is 0.493 e. The van der Waals surface area contributed by atoms with Gasteiger partial charge in [0.05, 0.1) is 26.5 Å². The fraction of sp³-hybridized carbons (Fsp3) is 0.318. The van der Waals surface area contributed by atoms with Crippen LogP contribution in [0, 0.1) is 5.92 Å². The van der Waals surface area contributed by atoms with Crippen LogP contribution in [0.4, 0.5) is 10.5 Å². The zero-order valence-corrected chi connectivity index (χ0v) is 17.3. The molecule has 0 fully saturated rings. The summed E-state index contributed by atoms with van der Waals surface area (Å²) in [4.78, 5) is 23.8. The van der Waals surface area contributed by atoms with E-state index in [1.807, 2.05) is 31.2 Å². The number of hydrogen-bond acceptors (Lipinski definition) is 5. The van der Waals surface area contributed by atoms with Crippen molar-refractivity contribution in [3.05, 3.63) is 53.6 Å². The maximum absolute atomic E-state index is 12.7. The van der Waals surface area contributed by atoms with Gasteiger partial charge in [-0.05, 0) is 42.3 Å². The molecule has 158 valence electrons. The maximum Gasteiger partial charge on any atom is 0.316 e. The summed E-state index contributed by atoms with van der Waals surface area (Å²) in [6.07, 6.45) is 1.17. The first kappa shape index (κ1) is 21.2. The van der Waals surface area contributed by atoms with Crippen molar-refractivity contribution in [1.82, 2.24) is 5.01 Å². The minimum absolute atomic E-state index is 0.0229. The van der Waals surface area contributed by atoms with Gasteiger partial charge in [-0.2, -0.15) is 5.10 Å². The van der Waals surface area contributed by atoms with Crippen LogP contribution in [-0.4, -0.2) is 36.9 Å². The smallest absolute Gasteiger partial charge is 0.316 e. The van der Waals surface area contributed by atoms with Crippen molar-refractivity contribution in [2.24, 2.45) is 16.8 Å². The molecule has 0 saturated heterocycles. The van der Waals surface area contributed by atoms with Crippen LogP contribution in [0.3, 0.4) is 0 Å². The fourth-order valence-corrected chi connectivity index (χ4v) is 3.49. The number of benzene rings is 2. The summed E-state index contributed by atoms with van der Waals surface area (Å²) in [6.45, 7) is 2.34. The summed E-state index contributed by atoms with van der Waals surface area (Å²) in [7, 11) is 3.18. The molecule has 1 heterocycles. The van der Waals surface area contributed by atoms with Gasteiger partial charge in [0.1, 0.15) is 0 Å². The Labute approximate surface area is 175 Å². The molecule has 0 radical (unpaired) electrons. The number of methoxy groups -OCH3 is 2. The van der Waals surface area contributed by atoms with Crippen LogP contribution in [0.5, 0.6) is 11.5 Å². The first-order valence-electron chi connectivity index (χ1n) is 9.71. The van der Waals surface area contributed by atoms with Crippen molar-refractivity contribution in [3.63, 3.8) is 0 Å². The number of nitrogens with one attached hydrogen (secondary N) is 1. The van der Waals surface area contributed by atoms with Gasteiger partial charge in [0.15, 0.2) is 11.5 Å². The lowest BCUT2D eigenvalue weighted by molar-refractivity contribution is -0.133. The predicted molar refractivity (Wildman–Crippen MR) is 115 cm³/mol. The quantitative estimate of drug-likeness (QED) is 0.730. The molecule has 1 unspecified atom stereocenters. The Hall–Kier alpha value is -3.55. The van der Waals surface area contributed by atoms with E-state index in [4.69, 9.17) is 20.3 Å². The zero-order chi connectivity index (χ0) is 21.7. The number of anilines is 1. The molecule has 3 rings (SSSR count). The van der Waals surface area contributed by atoms with Crippen LogP contribution < -0.4 is 20.5 Å². The predicted octanol–water partition coefficient (Wildman–Crippen LogP) is 3.36. The molecule has 0 spiro atoms. The van der Waals surface area contributed by atoms with Crippen LogP contribution >= 0.6 is 0 Å². The fourth-order valence-electron chi connectivity index (χ4n) is 3.49. The van der Waals surface area contributed by atoms with Crippen LogP contribution in [0.2, 0.25) is 0 Å². The highest BCUT2D eigenvalue weighted by Crippen LogP contribution is 2.31. The number of hydrogen-bond donors (Lipinski definition) is 2. The number of amides is 3. The van der Waals surface area contributed by atoms with Crippen LogP contribution in [0.25, 0.3) is 0 Å². The second kappa shape index (κ2) is 9.30. The lowest BCUT2D eigenvalue weighted by atomic mass is 9.89.